The highest BCUT2D eigenvalue weighted by Gasteiger charge is 2.25. The number of benzene rings is 1. The summed E-state index contributed by atoms with van der Waals surface area (Å²) < 4.78 is 13.7. The van der Waals surface area contributed by atoms with Gasteiger partial charge in [-0.2, -0.15) is 0 Å². The van der Waals surface area contributed by atoms with Gasteiger partial charge in [0, 0.05) is 45.0 Å². The average molecular weight is 465 g/mol. The molecule has 4 rings (SSSR count). The fraction of sp³-hybridized carbons (Fsp3) is 0.500. The molecule has 1 aromatic carbocycles. The monoisotopic (exact) mass is 464 g/mol. The van der Waals surface area contributed by atoms with Crippen LogP contribution in [0.25, 0.3) is 0 Å². The Hall–Kier alpha value is -2.24. The van der Waals surface area contributed by atoms with Crippen LogP contribution in [0.4, 0.5) is 15.2 Å². The van der Waals surface area contributed by atoms with E-state index in [0.717, 1.165) is 44.7 Å². The van der Waals surface area contributed by atoms with E-state index in [9.17, 15) is 14.0 Å². The van der Waals surface area contributed by atoms with Crippen molar-refractivity contribution in [1.82, 2.24) is 24.9 Å². The van der Waals surface area contributed by atoms with E-state index < -0.39 is 0 Å². The lowest BCUT2D eigenvalue weighted by Gasteiger charge is -2.35. The summed E-state index contributed by atoms with van der Waals surface area (Å²) in [7, 11) is 0. The van der Waals surface area contributed by atoms with Gasteiger partial charge in [0.05, 0.1) is 12.3 Å². The largest absolute Gasteiger partial charge is 0.342 e. The first-order valence-electron chi connectivity index (χ1n) is 10.3. The predicted molar refractivity (Wildman–Crippen MR) is 119 cm³/mol. The molecule has 8 nitrogen and oxygen atoms in total. The molecule has 2 aliphatic rings. The standard InChI is InChI=1S/C20H25FN6O2S2/c21-15-3-5-16(6-4-15)22-19-23-24-20(31-19)30-14-18(29)27-11-9-25(10-12-27)13-17(28)26-7-1-2-8-26/h3-6H,1-2,7-14H2,(H,22,23). The van der Waals surface area contributed by atoms with Crippen LogP contribution in [0.2, 0.25) is 0 Å². The first kappa shape index (κ1) is 22.0. The number of carbonyl (C=O) groups excluding carboxylic acids is 2. The molecule has 2 aliphatic heterocycles. The number of nitrogens with zero attached hydrogens (tertiary/aromatic N) is 5. The Morgan fingerprint density at radius 1 is 0.968 bits per heavy atom. The maximum Gasteiger partial charge on any atom is 0.236 e. The van der Waals surface area contributed by atoms with E-state index in [1.807, 2.05) is 9.80 Å². The van der Waals surface area contributed by atoms with Crippen LogP contribution in [0.15, 0.2) is 28.6 Å². The van der Waals surface area contributed by atoms with Crippen molar-refractivity contribution in [1.29, 1.82) is 0 Å². The molecule has 2 fully saturated rings. The fourth-order valence-electron chi connectivity index (χ4n) is 3.60. The van der Waals surface area contributed by atoms with E-state index in [0.29, 0.717) is 34.9 Å². The van der Waals surface area contributed by atoms with Crippen molar-refractivity contribution in [3.63, 3.8) is 0 Å². The highest BCUT2D eigenvalue weighted by Crippen LogP contribution is 2.28. The van der Waals surface area contributed by atoms with Crippen molar-refractivity contribution >= 4 is 45.7 Å². The minimum Gasteiger partial charge on any atom is -0.342 e. The van der Waals surface area contributed by atoms with Gasteiger partial charge in [0.15, 0.2) is 4.34 Å². The lowest BCUT2D eigenvalue weighted by molar-refractivity contribution is -0.133. The highest BCUT2D eigenvalue weighted by molar-refractivity contribution is 8.01. The fourth-order valence-corrected chi connectivity index (χ4v) is 5.28. The molecule has 11 heteroatoms. The first-order valence-corrected chi connectivity index (χ1v) is 12.1. The van der Waals surface area contributed by atoms with Crippen LogP contribution >= 0.6 is 23.1 Å². The van der Waals surface area contributed by atoms with Gasteiger partial charge in [0.2, 0.25) is 16.9 Å². The Bertz CT molecular complexity index is 895. The number of halogens is 1. The molecule has 166 valence electrons. The van der Waals surface area contributed by atoms with Gasteiger partial charge in [-0.25, -0.2) is 4.39 Å². The van der Waals surface area contributed by atoms with Crippen molar-refractivity contribution in [2.75, 3.05) is 56.9 Å². The molecule has 3 heterocycles. The number of rotatable bonds is 7. The number of hydrogen-bond donors (Lipinski definition) is 1. The summed E-state index contributed by atoms with van der Waals surface area (Å²) in [4.78, 5) is 30.8. The first-order chi connectivity index (χ1) is 15.1. The molecule has 0 bridgehead atoms. The lowest BCUT2D eigenvalue weighted by Crippen LogP contribution is -2.51. The minimum atomic E-state index is -0.295. The molecule has 1 aromatic heterocycles. The zero-order valence-electron chi connectivity index (χ0n) is 17.1. The van der Waals surface area contributed by atoms with Gasteiger partial charge in [-0.3, -0.25) is 14.5 Å². The minimum absolute atomic E-state index is 0.0683. The van der Waals surface area contributed by atoms with E-state index in [1.165, 1.54) is 35.2 Å². The summed E-state index contributed by atoms with van der Waals surface area (Å²) >= 11 is 2.72. The molecule has 1 N–H and O–H groups in total. The summed E-state index contributed by atoms with van der Waals surface area (Å²) in [5, 5.41) is 11.8. The quantitative estimate of drug-likeness (QED) is 0.630. The van der Waals surface area contributed by atoms with Crippen LogP contribution < -0.4 is 5.32 Å². The van der Waals surface area contributed by atoms with Crippen LogP contribution in [-0.2, 0) is 9.59 Å². The van der Waals surface area contributed by atoms with Crippen molar-refractivity contribution in [3.05, 3.63) is 30.1 Å². The maximum absolute atomic E-state index is 13.0. The Kier molecular flexibility index (Phi) is 7.36. The second-order valence-electron chi connectivity index (χ2n) is 7.54. The number of piperazine rings is 1. The Labute approximate surface area is 188 Å². The number of nitrogens with one attached hydrogen (secondary N) is 1. The van der Waals surface area contributed by atoms with E-state index in [4.69, 9.17) is 0 Å². The third kappa shape index (κ3) is 6.14. The summed E-state index contributed by atoms with van der Waals surface area (Å²) in [5.74, 6) is 0.280. The molecule has 2 saturated heterocycles. The number of hydrogen-bond acceptors (Lipinski definition) is 8. The molecule has 0 unspecified atom stereocenters. The second kappa shape index (κ2) is 10.4. The molecule has 31 heavy (non-hydrogen) atoms. The Balaban J connectivity index is 1.18. The topological polar surface area (TPSA) is 81.7 Å². The number of likely N-dealkylation sites (tertiary alicyclic amines) is 1. The molecule has 0 radical (unpaired) electrons. The average Bonchev–Trinajstić information content (AvgIpc) is 3.47. The summed E-state index contributed by atoms with van der Waals surface area (Å²) in [5.41, 5.74) is 0.728. The van der Waals surface area contributed by atoms with Gasteiger partial charge in [-0.05, 0) is 37.1 Å². The maximum atomic E-state index is 13.0. The molecule has 2 aromatic rings. The van der Waals surface area contributed by atoms with E-state index in [1.54, 1.807) is 12.1 Å². The molecular formula is C20H25FN6O2S2. The van der Waals surface area contributed by atoms with Gasteiger partial charge >= 0.3 is 0 Å². The molecule has 0 aliphatic carbocycles. The van der Waals surface area contributed by atoms with Gasteiger partial charge < -0.3 is 15.1 Å². The van der Waals surface area contributed by atoms with Crippen molar-refractivity contribution < 1.29 is 14.0 Å². The molecular weight excluding hydrogens is 439 g/mol. The zero-order chi connectivity index (χ0) is 21.6. The van der Waals surface area contributed by atoms with E-state index in [-0.39, 0.29) is 17.6 Å². The van der Waals surface area contributed by atoms with Crippen molar-refractivity contribution in [2.24, 2.45) is 0 Å². The normalized spacial score (nSPS) is 17.2. The van der Waals surface area contributed by atoms with Gasteiger partial charge in [-0.1, -0.05) is 23.1 Å². The molecule has 0 atom stereocenters. The lowest BCUT2D eigenvalue weighted by atomic mass is 10.3. The van der Waals surface area contributed by atoms with Crippen molar-refractivity contribution in [3.8, 4) is 0 Å². The number of amides is 2. The van der Waals surface area contributed by atoms with Gasteiger partial charge in [-0.15, -0.1) is 10.2 Å². The number of thioether (sulfide) groups is 1. The Morgan fingerprint density at radius 3 is 2.35 bits per heavy atom. The summed E-state index contributed by atoms with van der Waals surface area (Å²) in [6, 6.07) is 6.01. The number of aromatic nitrogens is 2. The predicted octanol–water partition coefficient (Wildman–Crippen LogP) is 2.28. The third-order valence-corrected chi connectivity index (χ3v) is 7.32. The number of anilines is 2. The highest BCUT2D eigenvalue weighted by atomic mass is 32.2. The Morgan fingerprint density at radius 2 is 1.65 bits per heavy atom. The summed E-state index contributed by atoms with van der Waals surface area (Å²) in [6.07, 6.45) is 2.20. The molecule has 2 amide bonds. The SMILES string of the molecule is O=C(CSc1nnc(Nc2ccc(F)cc2)s1)N1CCN(CC(=O)N2CCCC2)CC1. The smallest absolute Gasteiger partial charge is 0.236 e. The second-order valence-corrected chi connectivity index (χ2v) is 9.74. The third-order valence-electron chi connectivity index (χ3n) is 5.36. The van der Waals surface area contributed by atoms with Crippen LogP contribution in [0.3, 0.4) is 0 Å². The van der Waals surface area contributed by atoms with Crippen LogP contribution in [0.5, 0.6) is 0 Å². The van der Waals surface area contributed by atoms with Crippen LogP contribution in [0, 0.1) is 5.82 Å². The van der Waals surface area contributed by atoms with Crippen molar-refractivity contribution in [2.45, 2.75) is 17.2 Å². The van der Waals surface area contributed by atoms with Crippen LogP contribution in [-0.4, -0.2) is 88.3 Å². The summed E-state index contributed by atoms with van der Waals surface area (Å²) in [6.45, 7) is 4.93. The van der Waals surface area contributed by atoms with E-state index >= 15 is 0 Å². The molecule has 0 spiro atoms. The van der Waals surface area contributed by atoms with Gasteiger partial charge in [0.1, 0.15) is 5.82 Å². The number of carbonyl (C=O) groups is 2. The van der Waals surface area contributed by atoms with Gasteiger partial charge in [0.25, 0.3) is 0 Å². The van der Waals surface area contributed by atoms with E-state index in [2.05, 4.69) is 20.4 Å². The van der Waals surface area contributed by atoms with Crippen LogP contribution in [0.1, 0.15) is 12.8 Å². The zero-order valence-corrected chi connectivity index (χ0v) is 18.8. The molecule has 0 saturated carbocycles.